The van der Waals surface area contributed by atoms with Gasteiger partial charge in [-0.3, -0.25) is 4.79 Å². The van der Waals surface area contributed by atoms with E-state index in [9.17, 15) is 9.59 Å². The van der Waals surface area contributed by atoms with E-state index >= 15 is 0 Å². The van der Waals surface area contributed by atoms with Crippen molar-refractivity contribution in [1.29, 1.82) is 0 Å². The van der Waals surface area contributed by atoms with Gasteiger partial charge in [-0.05, 0) is 56.7 Å². The van der Waals surface area contributed by atoms with E-state index < -0.39 is 5.97 Å². The first-order chi connectivity index (χ1) is 14.0. The maximum absolute atomic E-state index is 12.6. The molecule has 29 heavy (non-hydrogen) atoms. The number of hydrogen-bond donors (Lipinski definition) is 0. The molecule has 6 heteroatoms. The molecule has 0 amide bonds. The van der Waals surface area contributed by atoms with Crippen LogP contribution in [0.1, 0.15) is 38.5 Å². The van der Waals surface area contributed by atoms with Gasteiger partial charge < -0.3 is 18.6 Å². The molecule has 0 aliphatic heterocycles. The molecular weight excluding hydrogens is 368 g/mol. The zero-order valence-electron chi connectivity index (χ0n) is 17.1. The molecular formula is C23H26N2O4. The molecule has 0 aliphatic rings. The maximum atomic E-state index is 12.6. The number of Topliss-reactive ketones (excluding diaryl/α,β-unsaturated/α-hetero) is 1. The minimum Gasteiger partial charge on any atom is -0.454 e. The van der Waals surface area contributed by atoms with Crippen LogP contribution in [0.2, 0.25) is 0 Å². The number of carbonyl (C=O) groups is 2. The fraction of sp³-hybridized carbons (Fsp3) is 0.304. The fourth-order valence-electron chi connectivity index (χ4n) is 3.39. The molecule has 2 aromatic heterocycles. The van der Waals surface area contributed by atoms with Gasteiger partial charge >= 0.3 is 5.97 Å². The summed E-state index contributed by atoms with van der Waals surface area (Å²) >= 11 is 0. The largest absolute Gasteiger partial charge is 0.454 e. The van der Waals surface area contributed by atoms with Gasteiger partial charge in [-0.15, -0.1) is 0 Å². The normalized spacial score (nSPS) is 10.9. The minimum absolute atomic E-state index is 0.203. The Hall–Kier alpha value is -3.12. The zero-order valence-corrected chi connectivity index (χ0v) is 17.1. The van der Waals surface area contributed by atoms with Crippen LogP contribution in [0.15, 0.2) is 54.9 Å². The van der Waals surface area contributed by atoms with Gasteiger partial charge in [0.25, 0.3) is 0 Å². The summed E-state index contributed by atoms with van der Waals surface area (Å²) in [5, 5.41) is 0. The second-order valence-corrected chi connectivity index (χ2v) is 6.92. The van der Waals surface area contributed by atoms with Gasteiger partial charge in [0.2, 0.25) is 5.78 Å². The molecule has 0 N–H and O–H groups in total. The van der Waals surface area contributed by atoms with Crippen LogP contribution in [-0.2, 0) is 16.0 Å². The molecule has 3 aromatic rings. The lowest BCUT2D eigenvalue weighted by molar-refractivity contribution is 0.0474. The number of ether oxygens (including phenoxy) is 2. The van der Waals surface area contributed by atoms with Gasteiger partial charge in [0.05, 0.1) is 5.56 Å². The van der Waals surface area contributed by atoms with E-state index in [1.54, 1.807) is 25.3 Å². The Morgan fingerprint density at radius 3 is 2.52 bits per heavy atom. The van der Waals surface area contributed by atoms with Crippen molar-refractivity contribution < 1.29 is 19.1 Å². The SMILES string of the molecule is COCCCn1c(C)cc(C(=O)COC(=O)c2cccc(-n3cccc3)c2)c1C. The van der Waals surface area contributed by atoms with Crippen molar-refractivity contribution in [1.82, 2.24) is 9.13 Å². The van der Waals surface area contributed by atoms with Gasteiger partial charge in [0.15, 0.2) is 6.61 Å². The first-order valence-electron chi connectivity index (χ1n) is 9.60. The number of benzene rings is 1. The van der Waals surface area contributed by atoms with Gasteiger partial charge in [-0.25, -0.2) is 4.79 Å². The predicted molar refractivity (Wildman–Crippen MR) is 111 cm³/mol. The number of nitrogens with zero attached hydrogens (tertiary/aromatic N) is 2. The van der Waals surface area contributed by atoms with Crippen LogP contribution in [-0.4, -0.2) is 41.2 Å². The Labute approximate surface area is 170 Å². The first-order valence-corrected chi connectivity index (χ1v) is 9.60. The summed E-state index contributed by atoms with van der Waals surface area (Å²) < 4.78 is 14.4. The average molecular weight is 394 g/mol. The van der Waals surface area contributed by atoms with Crippen LogP contribution in [0, 0.1) is 13.8 Å². The minimum atomic E-state index is -0.513. The van der Waals surface area contributed by atoms with Crippen LogP contribution < -0.4 is 0 Å². The van der Waals surface area contributed by atoms with Crippen LogP contribution >= 0.6 is 0 Å². The molecule has 0 spiro atoms. The second-order valence-electron chi connectivity index (χ2n) is 6.92. The molecule has 0 saturated carbocycles. The van der Waals surface area contributed by atoms with E-state index in [0.29, 0.717) is 17.7 Å². The van der Waals surface area contributed by atoms with E-state index in [1.807, 2.05) is 55.1 Å². The number of rotatable bonds is 9. The summed E-state index contributed by atoms with van der Waals surface area (Å²) in [4.78, 5) is 25.1. The number of aryl methyl sites for hydroxylation is 1. The molecule has 0 saturated heterocycles. The Bertz CT molecular complexity index is 986. The highest BCUT2D eigenvalue weighted by Crippen LogP contribution is 2.17. The highest BCUT2D eigenvalue weighted by atomic mass is 16.5. The Kier molecular flexibility index (Phi) is 6.67. The summed E-state index contributed by atoms with van der Waals surface area (Å²) in [5.41, 5.74) is 3.75. The molecule has 0 fully saturated rings. The van der Waals surface area contributed by atoms with Gasteiger partial charge in [0, 0.05) is 55.3 Å². The molecule has 6 nitrogen and oxygen atoms in total. The molecule has 0 radical (unpaired) electrons. The maximum Gasteiger partial charge on any atom is 0.338 e. The predicted octanol–water partition coefficient (Wildman–Crippen LogP) is 3.97. The lowest BCUT2D eigenvalue weighted by atomic mass is 10.1. The van der Waals surface area contributed by atoms with Crippen LogP contribution in [0.3, 0.4) is 0 Å². The van der Waals surface area contributed by atoms with E-state index in [1.165, 1.54) is 0 Å². The van der Waals surface area contributed by atoms with E-state index in [4.69, 9.17) is 9.47 Å². The smallest absolute Gasteiger partial charge is 0.338 e. The molecule has 2 heterocycles. The van der Waals surface area contributed by atoms with Crippen LogP contribution in [0.25, 0.3) is 5.69 Å². The summed E-state index contributed by atoms with van der Waals surface area (Å²) in [6.45, 7) is 5.05. The standard InChI is InChI=1S/C23H26N2O4/c1-17-14-21(18(2)25(17)12-7-13-28-3)22(26)16-29-23(27)19-8-6-9-20(15-19)24-10-4-5-11-24/h4-6,8-11,14-15H,7,12-13,16H2,1-3H3. The van der Waals surface area contributed by atoms with E-state index in [0.717, 1.165) is 30.0 Å². The van der Waals surface area contributed by atoms with Gasteiger partial charge in [-0.2, -0.15) is 0 Å². The summed E-state index contributed by atoms with van der Waals surface area (Å²) in [5.74, 6) is -0.715. The van der Waals surface area contributed by atoms with Crippen LogP contribution in [0.4, 0.5) is 0 Å². The van der Waals surface area contributed by atoms with Gasteiger partial charge in [-0.1, -0.05) is 6.07 Å². The monoisotopic (exact) mass is 394 g/mol. The topological polar surface area (TPSA) is 62.5 Å². The number of methoxy groups -OCH3 is 1. The van der Waals surface area contributed by atoms with Crippen molar-refractivity contribution in [3.05, 3.63) is 77.4 Å². The summed E-state index contributed by atoms with van der Waals surface area (Å²) in [7, 11) is 1.67. The summed E-state index contributed by atoms with van der Waals surface area (Å²) in [6.07, 6.45) is 4.67. The van der Waals surface area contributed by atoms with Crippen molar-refractivity contribution in [2.75, 3.05) is 20.3 Å². The van der Waals surface area contributed by atoms with Crippen molar-refractivity contribution in [3.8, 4) is 5.69 Å². The Balaban J connectivity index is 1.64. The van der Waals surface area contributed by atoms with Crippen molar-refractivity contribution >= 4 is 11.8 Å². The average Bonchev–Trinajstić information content (AvgIpc) is 3.36. The molecule has 0 aliphatic carbocycles. The van der Waals surface area contributed by atoms with Crippen LogP contribution in [0.5, 0.6) is 0 Å². The van der Waals surface area contributed by atoms with Crippen molar-refractivity contribution in [3.63, 3.8) is 0 Å². The molecule has 1 aromatic carbocycles. The highest BCUT2D eigenvalue weighted by molar-refractivity contribution is 6.00. The number of aromatic nitrogens is 2. The fourth-order valence-corrected chi connectivity index (χ4v) is 3.39. The molecule has 3 rings (SSSR count). The number of hydrogen-bond acceptors (Lipinski definition) is 4. The lowest BCUT2D eigenvalue weighted by Crippen LogP contribution is -2.15. The van der Waals surface area contributed by atoms with E-state index in [2.05, 4.69) is 4.57 Å². The number of carbonyl (C=O) groups excluding carboxylic acids is 2. The van der Waals surface area contributed by atoms with Crippen molar-refractivity contribution in [2.24, 2.45) is 0 Å². The quantitative estimate of drug-likeness (QED) is 0.313. The summed E-state index contributed by atoms with van der Waals surface area (Å²) in [6, 6.07) is 12.8. The second kappa shape index (κ2) is 9.39. The zero-order chi connectivity index (χ0) is 20.8. The number of esters is 1. The molecule has 152 valence electrons. The Morgan fingerprint density at radius 1 is 1.03 bits per heavy atom. The first kappa shape index (κ1) is 20.6. The third-order valence-corrected chi connectivity index (χ3v) is 4.92. The van der Waals surface area contributed by atoms with Crippen molar-refractivity contribution in [2.45, 2.75) is 26.8 Å². The Morgan fingerprint density at radius 2 is 1.79 bits per heavy atom. The molecule has 0 bridgehead atoms. The lowest BCUT2D eigenvalue weighted by Gasteiger charge is -2.09. The number of ketones is 1. The van der Waals surface area contributed by atoms with Gasteiger partial charge in [0.1, 0.15) is 0 Å². The van der Waals surface area contributed by atoms with E-state index in [-0.39, 0.29) is 12.4 Å². The third-order valence-electron chi connectivity index (χ3n) is 4.92. The third kappa shape index (κ3) is 4.84. The molecule has 0 atom stereocenters. The molecule has 0 unspecified atom stereocenters. The highest BCUT2D eigenvalue weighted by Gasteiger charge is 2.18.